The van der Waals surface area contributed by atoms with Crippen LogP contribution in [0.5, 0.6) is 0 Å². The third-order valence-electron chi connectivity index (χ3n) is 5.41. The van der Waals surface area contributed by atoms with Crippen LogP contribution in [0.25, 0.3) is 0 Å². The molecule has 5 nitrogen and oxygen atoms in total. The van der Waals surface area contributed by atoms with Crippen LogP contribution in [0.2, 0.25) is 5.02 Å². The zero-order valence-corrected chi connectivity index (χ0v) is 18.2. The number of urea groups is 1. The van der Waals surface area contributed by atoms with Gasteiger partial charge >= 0.3 is 6.03 Å². The third kappa shape index (κ3) is 5.08. The highest BCUT2D eigenvalue weighted by atomic mass is 35.5. The van der Waals surface area contributed by atoms with Gasteiger partial charge in [-0.25, -0.2) is 9.18 Å². The molecule has 0 saturated carbocycles. The second-order valence-corrected chi connectivity index (χ2v) is 8.07. The molecule has 7 heteroatoms. The van der Waals surface area contributed by atoms with Gasteiger partial charge < -0.3 is 10.2 Å². The highest BCUT2D eigenvalue weighted by Gasteiger charge is 2.27. The minimum absolute atomic E-state index is 0.128. The lowest BCUT2D eigenvalue weighted by Crippen LogP contribution is -2.49. The topological polar surface area (TPSA) is 52.7 Å². The van der Waals surface area contributed by atoms with Crippen molar-refractivity contribution in [3.63, 3.8) is 0 Å². The van der Waals surface area contributed by atoms with Crippen molar-refractivity contribution in [2.45, 2.75) is 19.5 Å². The second kappa shape index (κ2) is 9.83. The Morgan fingerprint density at radius 2 is 1.78 bits per heavy atom. The molecule has 3 aromatic carbocycles. The number of nitrogens with zero attached hydrogens (tertiary/aromatic N) is 2. The van der Waals surface area contributed by atoms with Crippen molar-refractivity contribution in [2.75, 3.05) is 18.0 Å². The van der Waals surface area contributed by atoms with E-state index in [0.29, 0.717) is 36.8 Å². The van der Waals surface area contributed by atoms with Crippen LogP contribution >= 0.6 is 11.6 Å². The van der Waals surface area contributed by atoms with Crippen molar-refractivity contribution in [2.24, 2.45) is 0 Å². The van der Waals surface area contributed by atoms with E-state index >= 15 is 0 Å². The fraction of sp³-hybridized carbons (Fsp3) is 0.200. The summed E-state index contributed by atoms with van der Waals surface area (Å²) in [5.41, 5.74) is 2.82. The summed E-state index contributed by atoms with van der Waals surface area (Å²) in [6.45, 7) is 1.90. The Kier molecular flexibility index (Phi) is 6.71. The summed E-state index contributed by atoms with van der Waals surface area (Å²) in [6, 6.07) is 20.5. The molecule has 1 fully saturated rings. The first-order valence-corrected chi connectivity index (χ1v) is 10.8. The number of hydrogen-bond donors (Lipinski definition) is 1. The largest absolute Gasteiger partial charge is 0.348 e. The number of halogens is 2. The summed E-state index contributed by atoms with van der Waals surface area (Å²) in [5.74, 6) is -0.526. The third-order valence-corrected chi connectivity index (χ3v) is 5.78. The van der Waals surface area contributed by atoms with E-state index in [9.17, 15) is 14.0 Å². The summed E-state index contributed by atoms with van der Waals surface area (Å²) in [4.78, 5) is 28.9. The number of anilines is 1. The minimum Gasteiger partial charge on any atom is -0.348 e. The number of amides is 3. The maximum atomic E-state index is 13.5. The van der Waals surface area contributed by atoms with E-state index in [4.69, 9.17) is 11.6 Å². The molecule has 0 unspecified atom stereocenters. The quantitative estimate of drug-likeness (QED) is 0.557. The minimum atomic E-state index is -0.313. The lowest BCUT2D eigenvalue weighted by Gasteiger charge is -2.35. The van der Waals surface area contributed by atoms with Gasteiger partial charge in [0.2, 0.25) is 0 Å². The number of benzene rings is 3. The van der Waals surface area contributed by atoms with E-state index in [1.807, 2.05) is 24.3 Å². The average Bonchev–Trinajstić information content (AvgIpc) is 2.80. The predicted molar refractivity (Wildman–Crippen MR) is 123 cm³/mol. The average molecular weight is 452 g/mol. The number of hydrogen-bond acceptors (Lipinski definition) is 2. The highest BCUT2D eigenvalue weighted by Crippen LogP contribution is 2.22. The summed E-state index contributed by atoms with van der Waals surface area (Å²) >= 11 is 6.13. The van der Waals surface area contributed by atoms with Crippen LogP contribution in [-0.2, 0) is 13.1 Å². The van der Waals surface area contributed by atoms with E-state index in [-0.39, 0.29) is 17.8 Å². The van der Waals surface area contributed by atoms with Gasteiger partial charge in [0.1, 0.15) is 5.82 Å². The fourth-order valence-electron chi connectivity index (χ4n) is 3.74. The van der Waals surface area contributed by atoms with Gasteiger partial charge in [-0.1, -0.05) is 41.9 Å². The molecule has 32 heavy (non-hydrogen) atoms. The van der Waals surface area contributed by atoms with Crippen molar-refractivity contribution >= 4 is 29.2 Å². The van der Waals surface area contributed by atoms with Gasteiger partial charge in [0.25, 0.3) is 5.91 Å². The van der Waals surface area contributed by atoms with Gasteiger partial charge in [0.15, 0.2) is 0 Å². The molecule has 1 aliphatic rings. The van der Waals surface area contributed by atoms with Gasteiger partial charge in [-0.15, -0.1) is 0 Å². The SMILES string of the molecule is O=C(NCc1ccccc1Cl)c1ccc(N2CCCN(Cc3cccc(F)c3)C2=O)cc1. The van der Waals surface area contributed by atoms with Crippen molar-refractivity contribution in [1.82, 2.24) is 10.2 Å². The lowest BCUT2D eigenvalue weighted by atomic mass is 10.1. The molecule has 3 aromatic rings. The molecule has 1 heterocycles. The molecular formula is C25H23ClFN3O2. The number of nitrogens with one attached hydrogen (secondary N) is 1. The van der Waals surface area contributed by atoms with Crippen LogP contribution < -0.4 is 10.2 Å². The van der Waals surface area contributed by atoms with Crippen LogP contribution in [0, 0.1) is 5.82 Å². The normalized spacial score (nSPS) is 13.9. The molecule has 4 rings (SSSR count). The number of carbonyl (C=O) groups is 2. The van der Waals surface area contributed by atoms with Crippen molar-refractivity contribution in [3.8, 4) is 0 Å². The van der Waals surface area contributed by atoms with Crippen LogP contribution in [0.4, 0.5) is 14.9 Å². The Morgan fingerprint density at radius 1 is 1.00 bits per heavy atom. The fourth-order valence-corrected chi connectivity index (χ4v) is 3.94. The molecular weight excluding hydrogens is 429 g/mol. The van der Waals surface area contributed by atoms with Crippen LogP contribution in [0.15, 0.2) is 72.8 Å². The van der Waals surface area contributed by atoms with Gasteiger partial charge in [0.05, 0.1) is 0 Å². The molecule has 0 aliphatic carbocycles. The zero-order chi connectivity index (χ0) is 22.5. The Hall–Kier alpha value is -3.38. The second-order valence-electron chi connectivity index (χ2n) is 7.66. The van der Waals surface area contributed by atoms with E-state index in [2.05, 4.69) is 5.32 Å². The molecule has 1 N–H and O–H groups in total. The smallest absolute Gasteiger partial charge is 0.324 e. The van der Waals surface area contributed by atoms with Crippen molar-refractivity contribution in [1.29, 1.82) is 0 Å². The molecule has 1 saturated heterocycles. The highest BCUT2D eigenvalue weighted by molar-refractivity contribution is 6.31. The Labute approximate surface area is 191 Å². The predicted octanol–water partition coefficient (Wildman–Crippen LogP) is 5.24. The van der Waals surface area contributed by atoms with Gasteiger partial charge in [-0.3, -0.25) is 9.69 Å². The lowest BCUT2D eigenvalue weighted by molar-refractivity contribution is 0.0951. The number of rotatable bonds is 6. The van der Waals surface area contributed by atoms with E-state index < -0.39 is 0 Å². The Bertz CT molecular complexity index is 1120. The standard InChI is InChI=1S/C25H23ClFN3O2/c26-23-8-2-1-6-20(23)16-28-24(31)19-9-11-22(12-10-19)30-14-4-13-29(25(30)32)17-18-5-3-7-21(27)15-18/h1-3,5-12,15H,4,13-14,16-17H2,(H,28,31). The Morgan fingerprint density at radius 3 is 2.53 bits per heavy atom. The van der Waals surface area contributed by atoms with Gasteiger partial charge in [-0.05, 0) is 60.0 Å². The maximum Gasteiger partial charge on any atom is 0.324 e. The Balaban J connectivity index is 1.39. The van der Waals surface area contributed by atoms with Gasteiger partial charge in [0, 0.05) is 42.5 Å². The number of carbonyl (C=O) groups excluding carboxylic acids is 2. The molecule has 0 spiro atoms. The molecule has 3 amide bonds. The van der Waals surface area contributed by atoms with E-state index in [0.717, 1.165) is 23.2 Å². The molecule has 164 valence electrons. The summed E-state index contributed by atoms with van der Waals surface area (Å²) in [6.07, 6.45) is 0.807. The monoisotopic (exact) mass is 451 g/mol. The van der Waals surface area contributed by atoms with Crippen LogP contribution in [-0.4, -0.2) is 29.9 Å². The molecule has 0 aromatic heterocycles. The first-order valence-electron chi connectivity index (χ1n) is 10.4. The summed E-state index contributed by atoms with van der Waals surface area (Å²) in [5, 5.41) is 3.47. The summed E-state index contributed by atoms with van der Waals surface area (Å²) in [7, 11) is 0. The van der Waals surface area contributed by atoms with Crippen molar-refractivity contribution in [3.05, 3.63) is 100 Å². The van der Waals surface area contributed by atoms with Crippen LogP contribution in [0.1, 0.15) is 27.9 Å². The molecule has 0 bridgehead atoms. The van der Waals surface area contributed by atoms with E-state index in [1.54, 1.807) is 46.2 Å². The molecule has 0 radical (unpaired) electrons. The summed E-state index contributed by atoms with van der Waals surface area (Å²) < 4.78 is 13.5. The molecule has 0 atom stereocenters. The first-order chi connectivity index (χ1) is 15.5. The van der Waals surface area contributed by atoms with E-state index in [1.165, 1.54) is 12.1 Å². The maximum absolute atomic E-state index is 13.5. The van der Waals surface area contributed by atoms with Gasteiger partial charge in [-0.2, -0.15) is 0 Å². The zero-order valence-electron chi connectivity index (χ0n) is 17.4. The molecule has 1 aliphatic heterocycles. The van der Waals surface area contributed by atoms with Crippen molar-refractivity contribution < 1.29 is 14.0 Å². The van der Waals surface area contributed by atoms with Crippen LogP contribution in [0.3, 0.4) is 0 Å². The first kappa shape index (κ1) is 21.8.